The van der Waals surface area contributed by atoms with Gasteiger partial charge in [-0.2, -0.15) is 0 Å². The van der Waals surface area contributed by atoms with Crippen molar-refractivity contribution in [2.75, 3.05) is 28.6 Å². The molecule has 1 fully saturated rings. The maximum Gasteiger partial charge on any atom is 0.323 e. The van der Waals surface area contributed by atoms with E-state index < -0.39 is 0 Å². The van der Waals surface area contributed by atoms with E-state index in [4.69, 9.17) is 0 Å². The second-order valence-corrected chi connectivity index (χ2v) is 7.80. The van der Waals surface area contributed by atoms with Crippen LogP contribution in [0.1, 0.15) is 30.4 Å². The van der Waals surface area contributed by atoms with Crippen molar-refractivity contribution >= 4 is 23.2 Å². The van der Waals surface area contributed by atoms with E-state index in [0.29, 0.717) is 0 Å². The zero-order chi connectivity index (χ0) is 20.9. The summed E-state index contributed by atoms with van der Waals surface area (Å²) >= 11 is 0. The van der Waals surface area contributed by atoms with Crippen LogP contribution in [0.15, 0.2) is 54.6 Å². The van der Waals surface area contributed by atoms with Gasteiger partial charge in [-0.15, -0.1) is 10.2 Å². The molecule has 0 bridgehead atoms. The number of benzene rings is 2. The summed E-state index contributed by atoms with van der Waals surface area (Å²) in [6.07, 6.45) is 3.73. The molecule has 0 radical (unpaired) electrons. The Kier molecular flexibility index (Phi) is 5.93. The third-order valence-corrected chi connectivity index (χ3v) is 5.40. The molecule has 2 aromatic carbocycles. The van der Waals surface area contributed by atoms with Gasteiger partial charge < -0.3 is 15.5 Å². The molecule has 0 unspecified atom stereocenters. The average molecular weight is 402 g/mol. The zero-order valence-corrected chi connectivity index (χ0v) is 17.5. The third kappa shape index (κ3) is 4.76. The van der Waals surface area contributed by atoms with E-state index in [1.54, 1.807) is 0 Å². The number of urea groups is 1. The van der Waals surface area contributed by atoms with E-state index >= 15 is 0 Å². The Bertz CT molecular complexity index is 1010. The van der Waals surface area contributed by atoms with E-state index in [2.05, 4.69) is 25.7 Å². The highest BCUT2D eigenvalue weighted by Crippen LogP contribution is 2.23. The second-order valence-electron chi connectivity index (χ2n) is 7.80. The fraction of sp³-hybridized carbons (Fsp3) is 0.292. The highest BCUT2D eigenvalue weighted by Gasteiger charge is 2.13. The number of aromatic nitrogens is 2. The first-order chi connectivity index (χ1) is 14.6. The lowest BCUT2D eigenvalue weighted by molar-refractivity contribution is 0.262. The summed E-state index contributed by atoms with van der Waals surface area (Å²) < 4.78 is 0. The number of nitrogens with one attached hydrogen (secondary N) is 2. The molecule has 1 aliphatic rings. The smallest absolute Gasteiger partial charge is 0.323 e. The van der Waals surface area contributed by atoms with Crippen LogP contribution in [0.3, 0.4) is 0 Å². The van der Waals surface area contributed by atoms with Crippen molar-refractivity contribution in [3.05, 3.63) is 65.7 Å². The number of amides is 2. The summed E-state index contributed by atoms with van der Waals surface area (Å²) in [4.78, 5) is 14.6. The van der Waals surface area contributed by atoms with Gasteiger partial charge in [0.15, 0.2) is 5.82 Å². The summed E-state index contributed by atoms with van der Waals surface area (Å²) in [7, 11) is 0. The Morgan fingerprint density at radius 1 is 0.867 bits per heavy atom. The van der Waals surface area contributed by atoms with Crippen LogP contribution < -0.4 is 15.5 Å². The standard InChI is InChI=1S/C24H27N5O/c1-17-6-11-21(18(2)16-17)26-24(30)25-20-9-7-19(8-10-20)22-12-13-23(28-27-22)29-14-4-3-5-15-29/h6-13,16H,3-5,14-15H2,1-2H3,(H2,25,26,30). The molecule has 0 saturated carbocycles. The number of aryl methyl sites for hydroxylation is 2. The molecular weight excluding hydrogens is 374 g/mol. The lowest BCUT2D eigenvalue weighted by atomic mass is 10.1. The number of piperidine rings is 1. The van der Waals surface area contributed by atoms with Crippen LogP contribution in [0.5, 0.6) is 0 Å². The molecule has 1 saturated heterocycles. The number of nitrogens with zero attached hydrogens (tertiary/aromatic N) is 3. The Balaban J connectivity index is 1.38. The number of carbonyl (C=O) groups is 1. The Morgan fingerprint density at radius 3 is 2.30 bits per heavy atom. The summed E-state index contributed by atoms with van der Waals surface area (Å²) in [6.45, 7) is 6.12. The second kappa shape index (κ2) is 8.95. The fourth-order valence-electron chi connectivity index (χ4n) is 3.73. The van der Waals surface area contributed by atoms with E-state index in [9.17, 15) is 4.79 Å². The number of hydrogen-bond acceptors (Lipinski definition) is 4. The summed E-state index contributed by atoms with van der Waals surface area (Å²) in [5.41, 5.74) is 5.51. The van der Waals surface area contributed by atoms with Crippen molar-refractivity contribution in [1.82, 2.24) is 10.2 Å². The van der Waals surface area contributed by atoms with Gasteiger partial charge in [-0.1, -0.05) is 29.8 Å². The number of carbonyl (C=O) groups excluding carboxylic acids is 1. The minimum Gasteiger partial charge on any atom is -0.355 e. The topological polar surface area (TPSA) is 70.2 Å². The first-order valence-corrected chi connectivity index (χ1v) is 10.4. The van der Waals surface area contributed by atoms with Crippen molar-refractivity contribution in [1.29, 1.82) is 0 Å². The molecule has 2 heterocycles. The molecular formula is C24H27N5O. The molecule has 1 aliphatic heterocycles. The Hall–Kier alpha value is -3.41. The van der Waals surface area contributed by atoms with Gasteiger partial charge in [-0.3, -0.25) is 0 Å². The predicted molar refractivity (Wildman–Crippen MR) is 122 cm³/mol. The largest absolute Gasteiger partial charge is 0.355 e. The zero-order valence-electron chi connectivity index (χ0n) is 17.5. The summed E-state index contributed by atoms with van der Waals surface area (Å²) in [6, 6.07) is 17.4. The fourth-order valence-corrected chi connectivity index (χ4v) is 3.73. The minimum absolute atomic E-state index is 0.264. The average Bonchev–Trinajstić information content (AvgIpc) is 2.77. The number of rotatable bonds is 4. The van der Waals surface area contributed by atoms with Gasteiger partial charge in [-0.05, 0) is 69.0 Å². The maximum absolute atomic E-state index is 12.3. The van der Waals surface area contributed by atoms with Crippen molar-refractivity contribution < 1.29 is 4.79 Å². The van der Waals surface area contributed by atoms with Gasteiger partial charge in [-0.25, -0.2) is 4.79 Å². The SMILES string of the molecule is Cc1ccc(NC(=O)Nc2ccc(-c3ccc(N4CCCCC4)nn3)cc2)c(C)c1. The lowest BCUT2D eigenvalue weighted by Gasteiger charge is -2.27. The van der Waals surface area contributed by atoms with Gasteiger partial charge in [0.2, 0.25) is 0 Å². The van der Waals surface area contributed by atoms with Crippen LogP contribution >= 0.6 is 0 Å². The van der Waals surface area contributed by atoms with Crippen LogP contribution in [-0.4, -0.2) is 29.3 Å². The lowest BCUT2D eigenvalue weighted by Crippen LogP contribution is -2.30. The van der Waals surface area contributed by atoms with E-state index in [1.807, 2.05) is 68.4 Å². The van der Waals surface area contributed by atoms with Gasteiger partial charge in [0.05, 0.1) is 5.69 Å². The molecule has 0 spiro atoms. The third-order valence-electron chi connectivity index (χ3n) is 5.40. The van der Waals surface area contributed by atoms with Crippen molar-refractivity contribution in [2.24, 2.45) is 0 Å². The first-order valence-electron chi connectivity index (χ1n) is 10.4. The Morgan fingerprint density at radius 2 is 1.63 bits per heavy atom. The monoisotopic (exact) mass is 401 g/mol. The van der Waals surface area contributed by atoms with E-state index in [-0.39, 0.29) is 6.03 Å². The predicted octanol–water partition coefficient (Wildman–Crippen LogP) is 5.39. The highest BCUT2D eigenvalue weighted by atomic mass is 16.2. The van der Waals surface area contributed by atoms with E-state index in [1.165, 1.54) is 24.8 Å². The summed E-state index contributed by atoms with van der Waals surface area (Å²) in [5.74, 6) is 0.944. The molecule has 3 aromatic rings. The van der Waals surface area contributed by atoms with Crippen molar-refractivity contribution in [2.45, 2.75) is 33.1 Å². The van der Waals surface area contributed by atoms with Gasteiger partial charge in [0.25, 0.3) is 0 Å². The highest BCUT2D eigenvalue weighted by molar-refractivity contribution is 6.00. The summed E-state index contributed by atoms with van der Waals surface area (Å²) in [5, 5.41) is 14.6. The van der Waals surface area contributed by atoms with Crippen molar-refractivity contribution in [3.8, 4) is 11.3 Å². The molecule has 6 nitrogen and oxygen atoms in total. The first kappa shape index (κ1) is 19.9. The molecule has 4 rings (SSSR count). The molecule has 0 aliphatic carbocycles. The van der Waals surface area contributed by atoms with Gasteiger partial charge in [0.1, 0.15) is 0 Å². The van der Waals surface area contributed by atoms with Crippen LogP contribution in [-0.2, 0) is 0 Å². The van der Waals surface area contributed by atoms with Gasteiger partial charge >= 0.3 is 6.03 Å². The molecule has 30 heavy (non-hydrogen) atoms. The maximum atomic E-state index is 12.3. The van der Waals surface area contributed by atoms with Crippen LogP contribution in [0.2, 0.25) is 0 Å². The Labute approximate surface area is 177 Å². The molecule has 2 amide bonds. The normalized spacial score (nSPS) is 13.7. The minimum atomic E-state index is -0.264. The number of hydrogen-bond donors (Lipinski definition) is 2. The van der Waals surface area contributed by atoms with Gasteiger partial charge in [0, 0.05) is 30.0 Å². The van der Waals surface area contributed by atoms with Crippen LogP contribution in [0, 0.1) is 13.8 Å². The van der Waals surface area contributed by atoms with Crippen LogP contribution in [0.25, 0.3) is 11.3 Å². The molecule has 154 valence electrons. The molecule has 1 aromatic heterocycles. The molecule has 2 N–H and O–H groups in total. The quantitative estimate of drug-likeness (QED) is 0.614. The van der Waals surface area contributed by atoms with E-state index in [0.717, 1.165) is 47.1 Å². The number of anilines is 3. The van der Waals surface area contributed by atoms with Crippen LogP contribution in [0.4, 0.5) is 22.0 Å². The molecule has 6 heteroatoms. The molecule has 0 atom stereocenters. The van der Waals surface area contributed by atoms with Crippen molar-refractivity contribution in [3.63, 3.8) is 0 Å².